The van der Waals surface area contributed by atoms with E-state index in [0.29, 0.717) is 5.16 Å². The predicted molar refractivity (Wildman–Crippen MR) is 109 cm³/mol. The van der Waals surface area contributed by atoms with Crippen LogP contribution in [0.2, 0.25) is 0 Å². The first kappa shape index (κ1) is 18.7. The molecule has 0 bridgehead atoms. The number of thioether (sulfide) groups is 1. The summed E-state index contributed by atoms with van der Waals surface area (Å²) in [4.78, 5) is 12.8. The third-order valence-corrected chi connectivity index (χ3v) is 4.76. The first-order valence-electron chi connectivity index (χ1n) is 8.32. The number of carbonyl (C=O) groups is 1. The van der Waals surface area contributed by atoms with E-state index in [4.69, 9.17) is 0 Å². The van der Waals surface area contributed by atoms with Gasteiger partial charge < -0.3 is 9.88 Å². The second-order valence-corrected chi connectivity index (χ2v) is 6.95. The highest BCUT2D eigenvalue weighted by atomic mass is 32.2. The van der Waals surface area contributed by atoms with Gasteiger partial charge in [-0.2, -0.15) is 5.10 Å². The molecule has 2 aromatic carbocycles. The van der Waals surface area contributed by atoms with Crippen LogP contribution in [0.5, 0.6) is 0 Å². The van der Waals surface area contributed by atoms with Crippen molar-refractivity contribution < 1.29 is 4.79 Å². The van der Waals surface area contributed by atoms with Crippen LogP contribution < -0.4 is 10.7 Å². The van der Waals surface area contributed by atoms with E-state index in [9.17, 15) is 4.79 Å². The quantitative estimate of drug-likeness (QED) is 0.313. The lowest BCUT2D eigenvalue weighted by Gasteiger charge is -2.11. The first-order chi connectivity index (χ1) is 13.0. The van der Waals surface area contributed by atoms with Gasteiger partial charge in [-0.3, -0.25) is 10.2 Å². The number of hydrazone groups is 1. The van der Waals surface area contributed by atoms with Gasteiger partial charge in [-0.05, 0) is 49.4 Å². The zero-order chi connectivity index (χ0) is 19.2. The van der Waals surface area contributed by atoms with Crippen molar-refractivity contribution in [3.8, 4) is 0 Å². The first-order valence-corrected chi connectivity index (χ1v) is 9.14. The normalized spacial score (nSPS) is 11.3. The van der Waals surface area contributed by atoms with E-state index in [1.807, 2.05) is 69.4 Å². The van der Waals surface area contributed by atoms with E-state index in [1.165, 1.54) is 0 Å². The SMILES string of the molecule is Cc1ccc(NC(=O)/C(=N\Nc2ccccc2)Sc2nncn2C)c(C)c1. The summed E-state index contributed by atoms with van der Waals surface area (Å²) in [5.74, 6) is -0.321. The Bertz CT molecular complexity index is 967. The minimum atomic E-state index is -0.321. The molecule has 0 spiro atoms. The van der Waals surface area contributed by atoms with Crippen LogP contribution in [0.15, 0.2) is 65.1 Å². The molecule has 1 heterocycles. The van der Waals surface area contributed by atoms with Gasteiger partial charge in [0, 0.05) is 12.7 Å². The predicted octanol–water partition coefficient (Wildman–Crippen LogP) is 3.59. The van der Waals surface area contributed by atoms with E-state index in [2.05, 4.69) is 26.0 Å². The standard InChI is InChI=1S/C19H20N6OS/c1-13-9-10-16(14(2)11-13)21-17(26)18(27-19-24-20-12-25(19)3)23-22-15-7-5-4-6-8-15/h4-12,22H,1-3H3,(H,21,26)/b23-18+. The van der Waals surface area contributed by atoms with Crippen molar-refractivity contribution in [1.82, 2.24) is 14.8 Å². The van der Waals surface area contributed by atoms with Crippen molar-refractivity contribution in [1.29, 1.82) is 0 Å². The average Bonchev–Trinajstić information content (AvgIpc) is 3.06. The Labute approximate surface area is 161 Å². The zero-order valence-electron chi connectivity index (χ0n) is 15.3. The molecule has 27 heavy (non-hydrogen) atoms. The second kappa shape index (κ2) is 8.50. The molecule has 8 heteroatoms. The zero-order valence-corrected chi connectivity index (χ0v) is 16.1. The van der Waals surface area contributed by atoms with Crippen molar-refractivity contribution in [3.63, 3.8) is 0 Å². The van der Waals surface area contributed by atoms with Crippen molar-refractivity contribution >= 4 is 34.1 Å². The van der Waals surface area contributed by atoms with Gasteiger partial charge in [0.15, 0.2) is 10.2 Å². The maximum Gasteiger partial charge on any atom is 0.283 e. The molecule has 3 rings (SSSR count). The largest absolute Gasteiger partial charge is 0.320 e. The van der Waals surface area contributed by atoms with E-state index in [-0.39, 0.29) is 11.0 Å². The molecule has 0 unspecified atom stereocenters. The van der Waals surface area contributed by atoms with Crippen molar-refractivity contribution in [2.24, 2.45) is 12.1 Å². The lowest BCUT2D eigenvalue weighted by molar-refractivity contribution is -0.110. The Hall–Kier alpha value is -3.13. The minimum Gasteiger partial charge on any atom is -0.320 e. The summed E-state index contributed by atoms with van der Waals surface area (Å²) >= 11 is 1.14. The van der Waals surface area contributed by atoms with Crippen LogP contribution in [-0.2, 0) is 11.8 Å². The molecular formula is C19H20N6OS. The van der Waals surface area contributed by atoms with Crippen LogP contribution in [0, 0.1) is 13.8 Å². The van der Waals surface area contributed by atoms with Crippen LogP contribution in [0.4, 0.5) is 11.4 Å². The number of amides is 1. The van der Waals surface area contributed by atoms with Crippen LogP contribution >= 0.6 is 11.8 Å². The van der Waals surface area contributed by atoms with Crippen molar-refractivity contribution in [3.05, 3.63) is 66.0 Å². The Morgan fingerprint density at radius 2 is 1.93 bits per heavy atom. The number of carbonyl (C=O) groups excluding carboxylic acids is 1. The Balaban J connectivity index is 1.83. The van der Waals surface area contributed by atoms with Gasteiger partial charge in [0.25, 0.3) is 5.91 Å². The van der Waals surface area contributed by atoms with Crippen LogP contribution in [0.1, 0.15) is 11.1 Å². The monoisotopic (exact) mass is 380 g/mol. The molecular weight excluding hydrogens is 360 g/mol. The molecule has 0 radical (unpaired) electrons. The Kier molecular flexibility index (Phi) is 5.87. The summed E-state index contributed by atoms with van der Waals surface area (Å²) in [6, 6.07) is 15.3. The number of aryl methyl sites for hydroxylation is 3. The van der Waals surface area contributed by atoms with Gasteiger partial charge in [-0.25, -0.2) is 0 Å². The third kappa shape index (κ3) is 4.95. The van der Waals surface area contributed by atoms with Crippen molar-refractivity contribution in [2.75, 3.05) is 10.7 Å². The van der Waals surface area contributed by atoms with Crippen molar-refractivity contribution in [2.45, 2.75) is 19.0 Å². The van der Waals surface area contributed by atoms with Crippen LogP contribution in [0.25, 0.3) is 0 Å². The Morgan fingerprint density at radius 1 is 1.15 bits per heavy atom. The van der Waals surface area contributed by atoms with E-state index in [1.54, 1.807) is 10.9 Å². The molecule has 2 N–H and O–H groups in total. The van der Waals surface area contributed by atoms with Gasteiger partial charge in [-0.15, -0.1) is 10.2 Å². The second-order valence-electron chi connectivity index (χ2n) is 5.99. The topological polar surface area (TPSA) is 84.2 Å². The van der Waals surface area contributed by atoms with Crippen LogP contribution in [0.3, 0.4) is 0 Å². The molecule has 1 aromatic heterocycles. The fourth-order valence-corrected chi connectivity index (χ4v) is 3.02. The number of nitrogens with zero attached hydrogens (tertiary/aromatic N) is 4. The highest BCUT2D eigenvalue weighted by Gasteiger charge is 2.18. The van der Waals surface area contributed by atoms with Gasteiger partial charge in [-0.1, -0.05) is 35.9 Å². The molecule has 138 valence electrons. The number of aromatic nitrogens is 3. The molecule has 0 saturated carbocycles. The highest BCUT2D eigenvalue weighted by molar-refractivity contribution is 8.15. The number of benzene rings is 2. The minimum absolute atomic E-state index is 0.231. The molecule has 0 saturated heterocycles. The molecule has 1 amide bonds. The summed E-state index contributed by atoms with van der Waals surface area (Å²) in [5, 5.41) is 15.9. The molecule has 0 aliphatic carbocycles. The van der Waals surface area contributed by atoms with Gasteiger partial charge in [0.05, 0.1) is 5.69 Å². The highest BCUT2D eigenvalue weighted by Crippen LogP contribution is 2.20. The average molecular weight is 380 g/mol. The Morgan fingerprint density at radius 3 is 2.59 bits per heavy atom. The number of rotatable bonds is 4. The van der Waals surface area contributed by atoms with E-state index < -0.39 is 0 Å². The lowest BCUT2D eigenvalue weighted by Crippen LogP contribution is -2.22. The number of para-hydroxylation sites is 1. The lowest BCUT2D eigenvalue weighted by atomic mass is 10.1. The number of hydrogen-bond acceptors (Lipinski definition) is 6. The summed E-state index contributed by atoms with van der Waals surface area (Å²) in [6.07, 6.45) is 1.58. The smallest absolute Gasteiger partial charge is 0.283 e. The number of anilines is 2. The van der Waals surface area contributed by atoms with Crippen LogP contribution in [-0.4, -0.2) is 25.7 Å². The molecule has 0 fully saturated rings. The van der Waals surface area contributed by atoms with E-state index >= 15 is 0 Å². The molecule has 3 aromatic rings. The molecule has 0 aliphatic heterocycles. The summed E-state index contributed by atoms with van der Waals surface area (Å²) < 4.78 is 1.73. The number of hydrogen-bond donors (Lipinski definition) is 2. The summed E-state index contributed by atoms with van der Waals surface area (Å²) in [7, 11) is 1.81. The molecule has 0 atom stereocenters. The third-order valence-electron chi connectivity index (χ3n) is 3.74. The fraction of sp³-hybridized carbons (Fsp3) is 0.158. The maximum absolute atomic E-state index is 12.8. The maximum atomic E-state index is 12.8. The summed E-state index contributed by atoms with van der Waals surface area (Å²) in [5.41, 5.74) is 6.57. The molecule has 7 nitrogen and oxygen atoms in total. The van der Waals surface area contributed by atoms with Gasteiger partial charge in [0.2, 0.25) is 0 Å². The van der Waals surface area contributed by atoms with Gasteiger partial charge >= 0.3 is 0 Å². The van der Waals surface area contributed by atoms with Gasteiger partial charge in [0.1, 0.15) is 6.33 Å². The molecule has 0 aliphatic rings. The fourth-order valence-electron chi connectivity index (χ4n) is 2.33. The van der Waals surface area contributed by atoms with E-state index in [0.717, 1.165) is 34.3 Å². The number of nitrogens with one attached hydrogen (secondary N) is 2. The summed E-state index contributed by atoms with van der Waals surface area (Å²) in [6.45, 7) is 3.97.